The third-order valence-electron chi connectivity index (χ3n) is 5.86. The molecule has 29 heavy (non-hydrogen) atoms. The standard InChI is InChI=1S/C23H28N4OS/c1-4-28-19-13-11-18(12-14-19)21-10-7-15-26(21)16-27-23(29)25(3)22(24-27)20-9-6-5-8-17(20)2/h5-6,8-9,11-14,21H,4,7,10,15-16H2,1-3H3/p+1/t21-/m0/s1. The molecule has 0 radical (unpaired) electrons. The average molecular weight is 410 g/mol. The predicted molar refractivity (Wildman–Crippen MR) is 118 cm³/mol. The fourth-order valence-corrected chi connectivity index (χ4v) is 4.50. The van der Waals surface area contributed by atoms with Gasteiger partial charge in [0, 0.05) is 31.0 Å². The van der Waals surface area contributed by atoms with Crippen molar-refractivity contribution in [3.63, 3.8) is 0 Å². The van der Waals surface area contributed by atoms with E-state index in [0.29, 0.717) is 12.6 Å². The monoisotopic (exact) mass is 409 g/mol. The lowest BCUT2D eigenvalue weighted by atomic mass is 10.0. The molecule has 1 unspecified atom stereocenters. The molecule has 0 bridgehead atoms. The Hall–Kier alpha value is -2.44. The minimum atomic E-state index is 0.469. The quantitative estimate of drug-likeness (QED) is 0.631. The molecule has 1 N–H and O–H groups in total. The van der Waals surface area contributed by atoms with Crippen molar-refractivity contribution in [2.75, 3.05) is 13.2 Å². The van der Waals surface area contributed by atoms with E-state index in [4.69, 9.17) is 22.1 Å². The highest BCUT2D eigenvalue weighted by Crippen LogP contribution is 2.23. The first-order valence-corrected chi connectivity index (χ1v) is 10.8. The Kier molecular flexibility index (Phi) is 5.83. The molecule has 1 aliphatic heterocycles. The van der Waals surface area contributed by atoms with Crippen molar-refractivity contribution in [3.05, 3.63) is 64.4 Å². The summed E-state index contributed by atoms with van der Waals surface area (Å²) in [5.74, 6) is 1.87. The van der Waals surface area contributed by atoms with Crippen LogP contribution in [0, 0.1) is 11.7 Å². The van der Waals surface area contributed by atoms with Crippen LogP contribution in [-0.2, 0) is 13.7 Å². The van der Waals surface area contributed by atoms with Gasteiger partial charge in [0.2, 0.25) is 4.77 Å². The van der Waals surface area contributed by atoms with E-state index in [2.05, 4.69) is 55.5 Å². The number of ether oxygens (including phenoxy) is 1. The number of nitrogens with one attached hydrogen (secondary N) is 1. The summed E-state index contributed by atoms with van der Waals surface area (Å²) in [6.07, 6.45) is 2.41. The number of aryl methyl sites for hydroxylation is 1. The minimum absolute atomic E-state index is 0.469. The molecule has 0 aliphatic carbocycles. The van der Waals surface area contributed by atoms with Crippen LogP contribution in [0.5, 0.6) is 5.75 Å². The summed E-state index contributed by atoms with van der Waals surface area (Å²) >= 11 is 5.73. The SMILES string of the molecule is CCOc1ccc([C@@H]2CCC[NH+]2Cn2nc(-c3ccccc3C)n(C)c2=S)cc1. The van der Waals surface area contributed by atoms with Crippen LogP contribution in [0.25, 0.3) is 11.4 Å². The van der Waals surface area contributed by atoms with Gasteiger partial charge in [0.1, 0.15) is 11.8 Å². The summed E-state index contributed by atoms with van der Waals surface area (Å²) < 4.78 is 10.4. The highest BCUT2D eigenvalue weighted by Gasteiger charge is 2.31. The van der Waals surface area contributed by atoms with E-state index in [1.54, 1.807) is 0 Å². The molecule has 2 aromatic carbocycles. The van der Waals surface area contributed by atoms with Gasteiger partial charge in [-0.3, -0.25) is 0 Å². The zero-order valence-corrected chi connectivity index (χ0v) is 18.2. The van der Waals surface area contributed by atoms with Gasteiger partial charge in [-0.15, -0.1) is 5.10 Å². The van der Waals surface area contributed by atoms with Crippen molar-refractivity contribution in [2.24, 2.45) is 7.05 Å². The zero-order chi connectivity index (χ0) is 20.4. The van der Waals surface area contributed by atoms with Crippen molar-refractivity contribution in [3.8, 4) is 17.1 Å². The van der Waals surface area contributed by atoms with Crippen LogP contribution in [0.3, 0.4) is 0 Å². The van der Waals surface area contributed by atoms with Gasteiger partial charge in [0.05, 0.1) is 13.2 Å². The van der Waals surface area contributed by atoms with E-state index < -0.39 is 0 Å². The molecule has 1 saturated heterocycles. The first-order chi connectivity index (χ1) is 14.1. The molecule has 1 aliphatic rings. The molecule has 4 rings (SSSR count). The van der Waals surface area contributed by atoms with E-state index in [1.165, 1.54) is 28.9 Å². The molecule has 3 aromatic rings. The molecular formula is C23H29N4OS+. The molecule has 1 fully saturated rings. The molecule has 1 aromatic heterocycles. The number of hydrogen-bond acceptors (Lipinski definition) is 3. The molecule has 0 saturated carbocycles. The first-order valence-electron chi connectivity index (χ1n) is 10.4. The Labute approximate surface area is 177 Å². The van der Waals surface area contributed by atoms with Gasteiger partial charge in [0.15, 0.2) is 12.5 Å². The smallest absolute Gasteiger partial charge is 0.202 e. The number of likely N-dealkylation sites (tertiary alicyclic amines) is 1. The van der Waals surface area contributed by atoms with Crippen molar-refractivity contribution in [1.82, 2.24) is 14.3 Å². The van der Waals surface area contributed by atoms with Gasteiger partial charge in [-0.2, -0.15) is 4.68 Å². The molecule has 152 valence electrons. The first kappa shape index (κ1) is 19.9. The lowest BCUT2D eigenvalue weighted by Gasteiger charge is -2.21. The molecule has 2 atom stereocenters. The molecule has 5 nitrogen and oxygen atoms in total. The minimum Gasteiger partial charge on any atom is -0.494 e. The second-order valence-electron chi connectivity index (χ2n) is 7.74. The highest BCUT2D eigenvalue weighted by atomic mass is 32.1. The fourth-order valence-electron chi connectivity index (χ4n) is 4.31. The number of aromatic nitrogens is 3. The maximum Gasteiger partial charge on any atom is 0.202 e. The molecule has 0 amide bonds. The molecule has 2 heterocycles. The van der Waals surface area contributed by atoms with Gasteiger partial charge >= 0.3 is 0 Å². The number of rotatable bonds is 6. The van der Waals surface area contributed by atoms with Crippen LogP contribution in [0.4, 0.5) is 0 Å². The summed E-state index contributed by atoms with van der Waals surface area (Å²) in [5.41, 5.74) is 3.71. The number of nitrogens with zero attached hydrogens (tertiary/aromatic N) is 3. The van der Waals surface area contributed by atoms with Crippen molar-refractivity contribution in [2.45, 2.75) is 39.4 Å². The Morgan fingerprint density at radius 1 is 1.17 bits per heavy atom. The molecular weight excluding hydrogens is 380 g/mol. The fraction of sp³-hybridized carbons (Fsp3) is 0.391. The number of hydrogen-bond donors (Lipinski definition) is 1. The molecule has 6 heteroatoms. The van der Waals surface area contributed by atoms with Gasteiger partial charge in [-0.05, 0) is 55.9 Å². The third kappa shape index (κ3) is 4.00. The van der Waals surface area contributed by atoms with E-state index in [-0.39, 0.29) is 0 Å². The second kappa shape index (κ2) is 8.51. The van der Waals surface area contributed by atoms with Crippen LogP contribution in [0.2, 0.25) is 0 Å². The van der Waals surface area contributed by atoms with E-state index in [9.17, 15) is 0 Å². The van der Waals surface area contributed by atoms with E-state index >= 15 is 0 Å². The van der Waals surface area contributed by atoms with Crippen molar-refractivity contribution < 1.29 is 9.64 Å². The van der Waals surface area contributed by atoms with Gasteiger partial charge in [-0.1, -0.05) is 24.3 Å². The summed E-state index contributed by atoms with van der Waals surface area (Å²) in [4.78, 5) is 1.51. The predicted octanol–water partition coefficient (Wildman–Crippen LogP) is 3.70. The van der Waals surface area contributed by atoms with Gasteiger partial charge in [-0.25, -0.2) is 0 Å². The zero-order valence-electron chi connectivity index (χ0n) is 17.4. The second-order valence-corrected chi connectivity index (χ2v) is 8.11. The average Bonchev–Trinajstić information content (AvgIpc) is 3.30. The Bertz CT molecular complexity index is 1040. The summed E-state index contributed by atoms with van der Waals surface area (Å²) in [6, 6.07) is 17.4. The van der Waals surface area contributed by atoms with Crippen LogP contribution >= 0.6 is 12.2 Å². The lowest BCUT2D eigenvalue weighted by Crippen LogP contribution is -3.09. The Morgan fingerprint density at radius 3 is 2.66 bits per heavy atom. The maximum absolute atomic E-state index is 5.73. The largest absolute Gasteiger partial charge is 0.494 e. The van der Waals surface area contributed by atoms with E-state index in [1.807, 2.05) is 23.2 Å². The highest BCUT2D eigenvalue weighted by molar-refractivity contribution is 7.71. The Balaban J connectivity index is 1.58. The normalized spacial score (nSPS) is 18.9. The Morgan fingerprint density at radius 2 is 1.93 bits per heavy atom. The molecule has 0 spiro atoms. The summed E-state index contributed by atoms with van der Waals surface area (Å²) in [5, 5.41) is 4.91. The van der Waals surface area contributed by atoms with Gasteiger partial charge < -0.3 is 14.2 Å². The van der Waals surface area contributed by atoms with Crippen molar-refractivity contribution >= 4 is 12.2 Å². The maximum atomic E-state index is 5.73. The summed E-state index contributed by atoms with van der Waals surface area (Å²) in [6.45, 7) is 6.75. The van der Waals surface area contributed by atoms with Crippen LogP contribution in [0.1, 0.15) is 36.9 Å². The van der Waals surface area contributed by atoms with Crippen molar-refractivity contribution in [1.29, 1.82) is 0 Å². The lowest BCUT2D eigenvalue weighted by molar-refractivity contribution is -0.941. The topological polar surface area (TPSA) is 36.4 Å². The van der Waals surface area contributed by atoms with Gasteiger partial charge in [0.25, 0.3) is 0 Å². The van der Waals surface area contributed by atoms with Crippen LogP contribution in [0.15, 0.2) is 48.5 Å². The van der Waals surface area contributed by atoms with Crippen LogP contribution < -0.4 is 9.64 Å². The number of quaternary nitrogens is 1. The third-order valence-corrected chi connectivity index (χ3v) is 6.34. The number of benzene rings is 2. The summed E-state index contributed by atoms with van der Waals surface area (Å²) in [7, 11) is 2.01. The van der Waals surface area contributed by atoms with E-state index in [0.717, 1.165) is 35.1 Å². The van der Waals surface area contributed by atoms with Crippen LogP contribution in [-0.4, -0.2) is 27.5 Å².